The molecule has 0 aromatic carbocycles. The number of imide groups is 1. The Hall–Kier alpha value is -1.85. The van der Waals surface area contributed by atoms with Crippen LogP contribution >= 0.6 is 0 Å². The molecule has 1 unspecified atom stereocenters. The van der Waals surface area contributed by atoms with Crippen LogP contribution in [0.15, 0.2) is 12.7 Å². The Kier molecular flexibility index (Phi) is 4.27. The van der Waals surface area contributed by atoms with Crippen LogP contribution in [-0.4, -0.2) is 39.6 Å². The Bertz CT molecular complexity index is 451. The van der Waals surface area contributed by atoms with Gasteiger partial charge in [-0.15, -0.1) is 6.58 Å². The van der Waals surface area contributed by atoms with Gasteiger partial charge in [-0.25, -0.2) is 14.5 Å². The summed E-state index contributed by atoms with van der Waals surface area (Å²) in [5, 5.41) is 9.22. The normalized spacial score (nSPS) is 26.5. The minimum Gasteiger partial charge on any atom is -0.480 e. The Labute approximate surface area is 118 Å². The quantitative estimate of drug-likeness (QED) is 0.803. The summed E-state index contributed by atoms with van der Waals surface area (Å²) in [7, 11) is 0. The third kappa shape index (κ3) is 3.18. The van der Waals surface area contributed by atoms with Crippen molar-refractivity contribution in [1.29, 1.82) is 0 Å². The fourth-order valence-corrected chi connectivity index (χ4v) is 2.25. The Morgan fingerprint density at radius 3 is 2.50 bits per heavy atom. The van der Waals surface area contributed by atoms with Crippen LogP contribution < -0.4 is 0 Å². The highest BCUT2D eigenvalue weighted by Gasteiger charge is 2.54. The van der Waals surface area contributed by atoms with Crippen LogP contribution in [0.1, 0.15) is 40.5 Å². The summed E-state index contributed by atoms with van der Waals surface area (Å²) in [5.74, 6) is -1.74. The van der Waals surface area contributed by atoms with E-state index in [0.717, 1.165) is 4.90 Å². The average Bonchev–Trinajstić information content (AvgIpc) is 2.50. The zero-order valence-corrected chi connectivity index (χ0v) is 12.3. The van der Waals surface area contributed by atoms with E-state index in [0.29, 0.717) is 6.42 Å². The summed E-state index contributed by atoms with van der Waals surface area (Å²) in [6.07, 6.45) is 1.01. The van der Waals surface area contributed by atoms with E-state index in [9.17, 15) is 19.5 Å². The molecular weight excluding hydrogens is 262 g/mol. The van der Waals surface area contributed by atoms with Crippen molar-refractivity contribution in [3.63, 3.8) is 0 Å². The highest BCUT2D eigenvalue weighted by molar-refractivity contribution is 6.02. The topological polar surface area (TPSA) is 83.9 Å². The zero-order chi connectivity index (χ0) is 15.7. The number of aliphatic carboxylic acids is 1. The lowest BCUT2D eigenvalue weighted by molar-refractivity contribution is -0.146. The smallest absolute Gasteiger partial charge is 0.417 e. The summed E-state index contributed by atoms with van der Waals surface area (Å²) >= 11 is 0. The van der Waals surface area contributed by atoms with Crippen LogP contribution in [0, 0.1) is 5.41 Å². The number of carbonyl (C=O) groups excluding carboxylic acids is 2. The van der Waals surface area contributed by atoms with Crippen LogP contribution in [-0.2, 0) is 14.3 Å². The second-order valence-electron chi connectivity index (χ2n) is 6.27. The van der Waals surface area contributed by atoms with Crippen LogP contribution in [0.5, 0.6) is 0 Å². The molecule has 6 heteroatoms. The largest absolute Gasteiger partial charge is 0.480 e. The van der Waals surface area contributed by atoms with E-state index in [1.54, 1.807) is 33.8 Å². The molecule has 0 aromatic heterocycles. The van der Waals surface area contributed by atoms with E-state index >= 15 is 0 Å². The van der Waals surface area contributed by atoms with Gasteiger partial charge in [-0.05, 0) is 33.6 Å². The number of hydrogen-bond acceptors (Lipinski definition) is 4. The lowest BCUT2D eigenvalue weighted by Gasteiger charge is -2.26. The van der Waals surface area contributed by atoms with Crippen LogP contribution in [0.4, 0.5) is 4.79 Å². The lowest BCUT2D eigenvalue weighted by atomic mass is 9.84. The molecule has 1 aliphatic rings. The average molecular weight is 283 g/mol. The first-order valence-electron chi connectivity index (χ1n) is 6.42. The third-order valence-corrected chi connectivity index (χ3v) is 3.16. The van der Waals surface area contributed by atoms with Crippen molar-refractivity contribution in [3.8, 4) is 0 Å². The number of carbonyl (C=O) groups is 3. The molecule has 0 aliphatic carbocycles. The summed E-state index contributed by atoms with van der Waals surface area (Å²) in [6.45, 7) is 10.2. The summed E-state index contributed by atoms with van der Waals surface area (Å²) < 4.78 is 5.12. The molecular formula is C14H21NO5. The third-order valence-electron chi connectivity index (χ3n) is 3.16. The lowest BCUT2D eigenvalue weighted by Crippen LogP contribution is -2.46. The van der Waals surface area contributed by atoms with Crippen LogP contribution in [0.3, 0.4) is 0 Å². The number of hydrogen-bond donors (Lipinski definition) is 1. The second-order valence-corrected chi connectivity index (χ2v) is 6.27. The first-order valence-corrected chi connectivity index (χ1v) is 6.42. The zero-order valence-electron chi connectivity index (χ0n) is 12.3. The molecule has 112 valence electrons. The number of carboxylic acids is 1. The van der Waals surface area contributed by atoms with E-state index < -0.39 is 35.0 Å². The van der Waals surface area contributed by atoms with Crippen molar-refractivity contribution in [2.45, 2.75) is 52.2 Å². The standard InChI is InChI=1S/C14H21NO5/c1-6-7-14(5)8-9(10(16)17)15(11(14)18)12(19)20-13(2,3)4/h6,9H,1,7-8H2,2-5H3,(H,16,17)/t9-,14?/m0/s1. The van der Waals surface area contributed by atoms with Crippen molar-refractivity contribution in [2.75, 3.05) is 0 Å². The maximum absolute atomic E-state index is 12.4. The molecule has 1 aliphatic heterocycles. The van der Waals surface area contributed by atoms with Gasteiger partial charge in [0, 0.05) is 0 Å². The van der Waals surface area contributed by atoms with Crippen LogP contribution in [0.2, 0.25) is 0 Å². The predicted molar refractivity (Wildman–Crippen MR) is 72.0 cm³/mol. The molecule has 0 bridgehead atoms. The molecule has 0 spiro atoms. The van der Waals surface area contributed by atoms with E-state index in [1.807, 2.05) is 0 Å². The summed E-state index contributed by atoms with van der Waals surface area (Å²) in [5.41, 5.74) is -1.72. The van der Waals surface area contributed by atoms with E-state index in [2.05, 4.69) is 6.58 Å². The van der Waals surface area contributed by atoms with Gasteiger partial charge in [0.2, 0.25) is 5.91 Å². The first-order chi connectivity index (χ1) is 9.02. The molecule has 0 aromatic rings. The number of allylic oxidation sites excluding steroid dienone is 1. The van der Waals surface area contributed by atoms with Gasteiger partial charge in [0.25, 0.3) is 0 Å². The molecule has 1 heterocycles. The fraction of sp³-hybridized carbons (Fsp3) is 0.643. The molecule has 1 fully saturated rings. The Balaban J connectivity index is 3.08. The van der Waals surface area contributed by atoms with E-state index in [1.165, 1.54) is 0 Å². The van der Waals surface area contributed by atoms with Crippen molar-refractivity contribution >= 4 is 18.0 Å². The molecule has 1 saturated heterocycles. The molecule has 20 heavy (non-hydrogen) atoms. The molecule has 0 radical (unpaired) electrons. The van der Waals surface area contributed by atoms with Gasteiger partial charge in [-0.2, -0.15) is 0 Å². The van der Waals surface area contributed by atoms with Crippen molar-refractivity contribution in [2.24, 2.45) is 5.41 Å². The van der Waals surface area contributed by atoms with Gasteiger partial charge in [0.15, 0.2) is 0 Å². The van der Waals surface area contributed by atoms with Gasteiger partial charge < -0.3 is 9.84 Å². The monoisotopic (exact) mass is 283 g/mol. The van der Waals surface area contributed by atoms with E-state index in [4.69, 9.17) is 4.74 Å². The summed E-state index contributed by atoms with van der Waals surface area (Å²) in [6, 6.07) is -1.19. The number of likely N-dealkylation sites (tertiary alicyclic amines) is 1. The van der Waals surface area contributed by atoms with Crippen molar-refractivity contribution in [1.82, 2.24) is 4.90 Å². The SMILES string of the molecule is C=CCC1(C)C[C@@H](C(=O)O)N(C(=O)OC(C)(C)C)C1=O. The molecule has 0 saturated carbocycles. The van der Waals surface area contributed by atoms with Gasteiger partial charge >= 0.3 is 12.1 Å². The number of nitrogens with zero attached hydrogens (tertiary/aromatic N) is 1. The minimum atomic E-state index is -1.21. The maximum atomic E-state index is 12.4. The molecule has 6 nitrogen and oxygen atoms in total. The number of carboxylic acid groups (broad SMARTS) is 1. The number of ether oxygens (including phenoxy) is 1. The number of rotatable bonds is 3. The Morgan fingerprint density at radius 1 is 1.55 bits per heavy atom. The van der Waals surface area contributed by atoms with Gasteiger partial charge in [-0.1, -0.05) is 13.0 Å². The molecule has 1 rings (SSSR count). The highest BCUT2D eigenvalue weighted by Crippen LogP contribution is 2.39. The van der Waals surface area contributed by atoms with Gasteiger partial charge in [-0.3, -0.25) is 4.79 Å². The Morgan fingerprint density at radius 2 is 2.10 bits per heavy atom. The first kappa shape index (κ1) is 16.2. The van der Waals surface area contributed by atoms with Gasteiger partial charge in [0.05, 0.1) is 5.41 Å². The van der Waals surface area contributed by atoms with Gasteiger partial charge in [0.1, 0.15) is 11.6 Å². The van der Waals surface area contributed by atoms with Crippen molar-refractivity contribution in [3.05, 3.63) is 12.7 Å². The van der Waals surface area contributed by atoms with Crippen LogP contribution in [0.25, 0.3) is 0 Å². The summed E-state index contributed by atoms with van der Waals surface area (Å²) in [4.78, 5) is 36.5. The maximum Gasteiger partial charge on any atom is 0.417 e. The molecule has 2 atom stereocenters. The minimum absolute atomic E-state index is 0.0619. The van der Waals surface area contributed by atoms with E-state index in [-0.39, 0.29) is 6.42 Å². The van der Waals surface area contributed by atoms with Crippen molar-refractivity contribution < 1.29 is 24.2 Å². The second kappa shape index (κ2) is 5.26. The predicted octanol–water partition coefficient (Wildman–Crippen LogP) is 2.19. The molecule has 1 N–H and O–H groups in total. The number of amides is 2. The highest BCUT2D eigenvalue weighted by atomic mass is 16.6. The fourth-order valence-electron chi connectivity index (χ4n) is 2.25. The molecule has 2 amide bonds.